The van der Waals surface area contributed by atoms with Crippen LogP contribution in [0.5, 0.6) is 0 Å². The third kappa shape index (κ3) is 3.10. The van der Waals surface area contributed by atoms with Crippen molar-refractivity contribution in [2.24, 2.45) is 10.9 Å². The summed E-state index contributed by atoms with van der Waals surface area (Å²) < 4.78 is 1.87. The summed E-state index contributed by atoms with van der Waals surface area (Å²) in [5.41, 5.74) is 7.65. The Hall–Kier alpha value is -2.30. The van der Waals surface area contributed by atoms with E-state index in [2.05, 4.69) is 22.4 Å². The number of nitrogens with zero attached hydrogens (tertiary/aromatic N) is 3. The van der Waals surface area contributed by atoms with E-state index in [1.165, 1.54) is 0 Å². The molecule has 0 aliphatic heterocycles. The van der Waals surface area contributed by atoms with Gasteiger partial charge in [0.2, 0.25) is 0 Å². The van der Waals surface area contributed by atoms with Crippen molar-refractivity contribution >= 4 is 5.84 Å². The highest BCUT2D eigenvalue weighted by Gasteiger charge is 2.01. The normalized spacial score (nSPS) is 11.7. The zero-order valence-electron chi connectivity index (χ0n) is 10.0. The molecule has 0 unspecified atom stereocenters. The van der Waals surface area contributed by atoms with Crippen molar-refractivity contribution in [3.8, 4) is 11.1 Å². The Morgan fingerprint density at radius 2 is 2.06 bits per heavy atom. The van der Waals surface area contributed by atoms with Gasteiger partial charge in [0, 0.05) is 24.7 Å². The number of rotatable bonds is 5. The third-order valence-corrected chi connectivity index (χ3v) is 2.69. The molecule has 0 fully saturated rings. The van der Waals surface area contributed by atoms with Gasteiger partial charge in [-0.25, -0.2) is 0 Å². The van der Waals surface area contributed by atoms with Crippen LogP contribution in [0.25, 0.3) is 11.1 Å². The Balaban J connectivity index is 1.95. The SMILES string of the molecule is NC(CCCn1cc(-c2ccccc2)cn1)=NO. The first-order valence-electron chi connectivity index (χ1n) is 5.84. The van der Waals surface area contributed by atoms with Crippen molar-refractivity contribution in [2.45, 2.75) is 19.4 Å². The van der Waals surface area contributed by atoms with Crippen molar-refractivity contribution in [1.29, 1.82) is 0 Å². The Labute approximate surface area is 106 Å². The predicted octanol–water partition coefficient (Wildman–Crippen LogP) is 2.08. The van der Waals surface area contributed by atoms with E-state index in [0.29, 0.717) is 6.42 Å². The lowest BCUT2D eigenvalue weighted by molar-refractivity contribution is 0.316. The Morgan fingerprint density at radius 3 is 2.78 bits per heavy atom. The molecule has 0 atom stereocenters. The molecular weight excluding hydrogens is 228 g/mol. The molecule has 0 amide bonds. The maximum absolute atomic E-state index is 8.43. The average molecular weight is 244 g/mol. The Kier molecular flexibility index (Phi) is 3.96. The van der Waals surface area contributed by atoms with Crippen LogP contribution in [0.1, 0.15) is 12.8 Å². The Morgan fingerprint density at radius 1 is 1.28 bits per heavy atom. The summed E-state index contributed by atoms with van der Waals surface area (Å²) in [7, 11) is 0. The lowest BCUT2D eigenvalue weighted by Crippen LogP contribution is -2.12. The molecule has 0 saturated heterocycles. The number of hydrogen-bond acceptors (Lipinski definition) is 3. The topological polar surface area (TPSA) is 76.4 Å². The molecule has 1 aromatic heterocycles. The third-order valence-electron chi connectivity index (χ3n) is 2.69. The fraction of sp³-hybridized carbons (Fsp3) is 0.231. The highest BCUT2D eigenvalue weighted by Crippen LogP contribution is 2.17. The molecule has 1 aromatic carbocycles. The zero-order chi connectivity index (χ0) is 12.8. The summed E-state index contributed by atoms with van der Waals surface area (Å²) in [5, 5.41) is 15.7. The number of oxime groups is 1. The van der Waals surface area contributed by atoms with Gasteiger partial charge < -0.3 is 10.9 Å². The summed E-state index contributed by atoms with van der Waals surface area (Å²) in [5.74, 6) is 0.255. The van der Waals surface area contributed by atoms with Gasteiger partial charge in [0.15, 0.2) is 0 Å². The molecule has 0 saturated carbocycles. The molecular formula is C13H16N4O. The summed E-state index contributed by atoms with van der Waals surface area (Å²) in [4.78, 5) is 0. The van der Waals surface area contributed by atoms with E-state index in [1.807, 2.05) is 35.3 Å². The molecule has 5 heteroatoms. The molecule has 0 aliphatic carbocycles. The van der Waals surface area contributed by atoms with Crippen LogP contribution >= 0.6 is 0 Å². The molecule has 3 N–H and O–H groups in total. The van der Waals surface area contributed by atoms with Crippen LogP contribution < -0.4 is 5.73 Å². The second-order valence-corrected chi connectivity index (χ2v) is 4.05. The van der Waals surface area contributed by atoms with Gasteiger partial charge in [-0.15, -0.1) is 0 Å². The molecule has 0 spiro atoms. The first-order valence-corrected chi connectivity index (χ1v) is 5.84. The fourth-order valence-corrected chi connectivity index (χ4v) is 1.74. The average Bonchev–Trinajstić information content (AvgIpc) is 2.88. The molecule has 0 bridgehead atoms. The number of hydrogen-bond donors (Lipinski definition) is 2. The number of nitrogens with two attached hydrogens (primary N) is 1. The number of aromatic nitrogens is 2. The zero-order valence-corrected chi connectivity index (χ0v) is 10.0. The van der Waals surface area contributed by atoms with Gasteiger partial charge in [0.25, 0.3) is 0 Å². The van der Waals surface area contributed by atoms with Gasteiger partial charge in [-0.2, -0.15) is 5.10 Å². The molecule has 2 aromatic rings. The summed E-state index contributed by atoms with van der Waals surface area (Å²) in [6.07, 6.45) is 5.21. The van der Waals surface area contributed by atoms with Crippen LogP contribution in [0.2, 0.25) is 0 Å². The van der Waals surface area contributed by atoms with E-state index in [9.17, 15) is 0 Å². The first kappa shape index (κ1) is 12.2. The van der Waals surface area contributed by atoms with E-state index in [4.69, 9.17) is 10.9 Å². The quantitative estimate of drug-likeness (QED) is 0.366. The smallest absolute Gasteiger partial charge is 0.139 e. The van der Waals surface area contributed by atoms with Gasteiger partial charge in [-0.1, -0.05) is 35.5 Å². The van der Waals surface area contributed by atoms with Crippen LogP contribution in [0.3, 0.4) is 0 Å². The lowest BCUT2D eigenvalue weighted by Gasteiger charge is -2.00. The standard InChI is InChI=1S/C13H16N4O/c14-13(16-18)7-4-8-17-10-12(9-15-17)11-5-2-1-3-6-11/h1-3,5-6,9-10,18H,4,7-8H2,(H2,14,16). The summed E-state index contributed by atoms with van der Waals surface area (Å²) in [6, 6.07) is 10.1. The van der Waals surface area contributed by atoms with Gasteiger partial charge in [0.1, 0.15) is 5.84 Å². The van der Waals surface area contributed by atoms with E-state index in [0.717, 1.165) is 24.1 Å². The highest BCUT2D eigenvalue weighted by molar-refractivity contribution is 5.79. The van der Waals surface area contributed by atoms with Crippen molar-refractivity contribution in [2.75, 3.05) is 0 Å². The largest absolute Gasteiger partial charge is 0.409 e. The van der Waals surface area contributed by atoms with E-state index >= 15 is 0 Å². The van der Waals surface area contributed by atoms with E-state index in [-0.39, 0.29) is 5.84 Å². The van der Waals surface area contributed by atoms with Crippen LogP contribution in [-0.4, -0.2) is 20.8 Å². The Bertz CT molecular complexity index is 519. The van der Waals surface area contributed by atoms with Gasteiger partial charge >= 0.3 is 0 Å². The molecule has 18 heavy (non-hydrogen) atoms. The summed E-state index contributed by atoms with van der Waals surface area (Å²) in [6.45, 7) is 0.753. The fourth-order valence-electron chi connectivity index (χ4n) is 1.74. The van der Waals surface area contributed by atoms with Crippen LogP contribution in [0.4, 0.5) is 0 Å². The first-order chi connectivity index (χ1) is 8.79. The molecule has 0 radical (unpaired) electrons. The molecule has 5 nitrogen and oxygen atoms in total. The van der Waals surface area contributed by atoms with Crippen molar-refractivity contribution in [3.63, 3.8) is 0 Å². The van der Waals surface area contributed by atoms with Gasteiger partial charge in [0.05, 0.1) is 6.20 Å². The van der Waals surface area contributed by atoms with Crippen LogP contribution in [0, 0.1) is 0 Å². The van der Waals surface area contributed by atoms with Crippen molar-refractivity contribution < 1.29 is 5.21 Å². The second-order valence-electron chi connectivity index (χ2n) is 4.05. The molecule has 2 rings (SSSR count). The predicted molar refractivity (Wildman–Crippen MR) is 70.3 cm³/mol. The maximum atomic E-state index is 8.43. The van der Waals surface area contributed by atoms with Gasteiger partial charge in [-0.3, -0.25) is 4.68 Å². The minimum absolute atomic E-state index is 0.255. The number of amidine groups is 1. The number of aryl methyl sites for hydroxylation is 1. The minimum Gasteiger partial charge on any atom is -0.409 e. The van der Waals surface area contributed by atoms with E-state index < -0.39 is 0 Å². The summed E-state index contributed by atoms with van der Waals surface area (Å²) >= 11 is 0. The van der Waals surface area contributed by atoms with Crippen LogP contribution in [-0.2, 0) is 6.54 Å². The lowest BCUT2D eigenvalue weighted by atomic mass is 10.1. The van der Waals surface area contributed by atoms with Crippen LogP contribution in [0.15, 0.2) is 47.9 Å². The maximum Gasteiger partial charge on any atom is 0.139 e. The highest BCUT2D eigenvalue weighted by atomic mass is 16.4. The van der Waals surface area contributed by atoms with Crippen molar-refractivity contribution in [3.05, 3.63) is 42.7 Å². The molecule has 0 aliphatic rings. The van der Waals surface area contributed by atoms with Gasteiger partial charge in [-0.05, 0) is 12.0 Å². The monoisotopic (exact) mass is 244 g/mol. The minimum atomic E-state index is 0.255. The van der Waals surface area contributed by atoms with E-state index in [1.54, 1.807) is 0 Å². The molecule has 1 heterocycles. The molecule has 94 valence electrons. The second kappa shape index (κ2) is 5.86. The number of benzene rings is 1. The van der Waals surface area contributed by atoms with Crippen molar-refractivity contribution in [1.82, 2.24) is 9.78 Å².